The van der Waals surface area contributed by atoms with Crippen LogP contribution in [0.2, 0.25) is 0 Å². The summed E-state index contributed by atoms with van der Waals surface area (Å²) in [7, 11) is 1.67. The smallest absolute Gasteiger partial charge is 0.303 e. The normalized spacial score (nSPS) is 18.3. The summed E-state index contributed by atoms with van der Waals surface area (Å²) < 4.78 is 0. The number of rotatable bonds is 6. The average molecular weight is 271 g/mol. The molecule has 5 nitrogen and oxygen atoms in total. The van der Waals surface area contributed by atoms with E-state index >= 15 is 0 Å². The molecule has 1 aliphatic rings. The van der Waals surface area contributed by atoms with Gasteiger partial charge in [0, 0.05) is 13.5 Å². The molecule has 1 fully saturated rings. The van der Waals surface area contributed by atoms with Gasteiger partial charge in [0.2, 0.25) is 5.91 Å². The number of amides is 1. The van der Waals surface area contributed by atoms with Gasteiger partial charge in [-0.1, -0.05) is 12.8 Å². The highest BCUT2D eigenvalue weighted by atomic mass is 16.4. The molecule has 0 aromatic carbocycles. The summed E-state index contributed by atoms with van der Waals surface area (Å²) >= 11 is 0. The SMILES string of the molecule is CN(C(=O)CC1(CC(=O)O)CCCC1)C(C)(C)CO. The molecule has 5 heteroatoms. The van der Waals surface area contributed by atoms with Crippen molar-refractivity contribution < 1.29 is 19.8 Å². The van der Waals surface area contributed by atoms with Gasteiger partial charge in [-0.2, -0.15) is 0 Å². The van der Waals surface area contributed by atoms with Crippen LogP contribution in [0, 0.1) is 5.41 Å². The Morgan fingerprint density at radius 3 is 2.16 bits per heavy atom. The molecule has 0 heterocycles. The first kappa shape index (κ1) is 16.0. The number of carbonyl (C=O) groups excluding carboxylic acids is 1. The predicted molar refractivity (Wildman–Crippen MR) is 71.7 cm³/mol. The van der Waals surface area contributed by atoms with Gasteiger partial charge in [0.25, 0.3) is 0 Å². The Bertz CT molecular complexity index is 345. The van der Waals surface area contributed by atoms with Crippen LogP contribution in [0.4, 0.5) is 0 Å². The third-order valence-corrected chi connectivity index (χ3v) is 4.39. The molecule has 1 rings (SSSR count). The zero-order valence-corrected chi connectivity index (χ0v) is 12.1. The van der Waals surface area contributed by atoms with Crippen molar-refractivity contribution in [3.63, 3.8) is 0 Å². The first-order chi connectivity index (χ1) is 8.72. The number of hydrogen-bond acceptors (Lipinski definition) is 3. The van der Waals surface area contributed by atoms with E-state index in [0.29, 0.717) is 0 Å². The summed E-state index contributed by atoms with van der Waals surface area (Å²) in [5.74, 6) is -0.916. The number of carboxylic acid groups (broad SMARTS) is 1. The fourth-order valence-electron chi connectivity index (χ4n) is 2.74. The summed E-state index contributed by atoms with van der Waals surface area (Å²) in [5, 5.41) is 18.3. The quantitative estimate of drug-likeness (QED) is 0.770. The van der Waals surface area contributed by atoms with Crippen molar-refractivity contribution in [2.45, 2.75) is 57.9 Å². The standard InChI is InChI=1S/C14H25NO4/c1-13(2,10-16)15(3)11(17)8-14(9-12(18)19)6-4-5-7-14/h16H,4-10H2,1-3H3,(H,18,19). The molecule has 0 bridgehead atoms. The Morgan fingerprint density at radius 1 is 1.21 bits per heavy atom. The summed E-state index contributed by atoms with van der Waals surface area (Å²) in [6, 6.07) is 0. The zero-order valence-electron chi connectivity index (χ0n) is 12.1. The molecular formula is C14H25NO4. The first-order valence-electron chi connectivity index (χ1n) is 6.82. The van der Waals surface area contributed by atoms with Crippen molar-refractivity contribution in [1.82, 2.24) is 4.90 Å². The summed E-state index contributed by atoms with van der Waals surface area (Å²) in [4.78, 5) is 24.8. The van der Waals surface area contributed by atoms with E-state index in [4.69, 9.17) is 5.11 Å². The van der Waals surface area contributed by atoms with Crippen molar-refractivity contribution in [1.29, 1.82) is 0 Å². The highest BCUT2D eigenvalue weighted by Crippen LogP contribution is 2.44. The number of carboxylic acids is 1. The Hall–Kier alpha value is -1.10. The predicted octanol–water partition coefficient (Wildman–Crippen LogP) is 1.64. The number of aliphatic hydroxyl groups is 1. The molecule has 0 radical (unpaired) electrons. The number of aliphatic carboxylic acids is 1. The van der Waals surface area contributed by atoms with Crippen LogP contribution < -0.4 is 0 Å². The maximum Gasteiger partial charge on any atom is 0.303 e. The minimum absolute atomic E-state index is 0.0616. The maximum absolute atomic E-state index is 12.3. The molecular weight excluding hydrogens is 246 g/mol. The third-order valence-electron chi connectivity index (χ3n) is 4.39. The summed E-state index contributed by atoms with van der Waals surface area (Å²) in [6.45, 7) is 3.48. The average Bonchev–Trinajstić information content (AvgIpc) is 2.75. The van der Waals surface area contributed by atoms with Crippen LogP contribution in [0.25, 0.3) is 0 Å². The van der Waals surface area contributed by atoms with Gasteiger partial charge in [-0.25, -0.2) is 0 Å². The fraction of sp³-hybridized carbons (Fsp3) is 0.857. The van der Waals surface area contributed by atoms with Crippen LogP contribution in [0.15, 0.2) is 0 Å². The van der Waals surface area contributed by atoms with Crippen LogP contribution >= 0.6 is 0 Å². The van der Waals surface area contributed by atoms with Crippen LogP contribution in [-0.2, 0) is 9.59 Å². The molecule has 0 aliphatic heterocycles. The Morgan fingerprint density at radius 2 is 1.74 bits per heavy atom. The Balaban J connectivity index is 2.75. The minimum Gasteiger partial charge on any atom is -0.481 e. The van der Waals surface area contributed by atoms with Crippen molar-refractivity contribution in [2.75, 3.05) is 13.7 Å². The van der Waals surface area contributed by atoms with E-state index in [9.17, 15) is 14.7 Å². The molecule has 0 spiro atoms. The summed E-state index contributed by atoms with van der Waals surface area (Å²) in [6.07, 6.45) is 3.92. The lowest BCUT2D eigenvalue weighted by atomic mass is 9.79. The van der Waals surface area contributed by atoms with Crippen LogP contribution in [0.3, 0.4) is 0 Å². The molecule has 2 N–H and O–H groups in total. The number of carbonyl (C=O) groups is 2. The highest BCUT2D eigenvalue weighted by Gasteiger charge is 2.40. The van der Waals surface area contributed by atoms with E-state index in [0.717, 1.165) is 25.7 Å². The highest BCUT2D eigenvalue weighted by molar-refractivity contribution is 5.78. The number of aliphatic hydroxyl groups excluding tert-OH is 1. The molecule has 0 unspecified atom stereocenters. The van der Waals surface area contributed by atoms with Crippen molar-refractivity contribution in [3.8, 4) is 0 Å². The van der Waals surface area contributed by atoms with E-state index in [-0.39, 0.29) is 30.8 Å². The van der Waals surface area contributed by atoms with Gasteiger partial charge in [0.05, 0.1) is 18.6 Å². The molecule has 1 aliphatic carbocycles. The molecule has 19 heavy (non-hydrogen) atoms. The molecule has 0 aromatic rings. The zero-order chi connectivity index (χ0) is 14.7. The van der Waals surface area contributed by atoms with Gasteiger partial charge in [0.1, 0.15) is 0 Å². The van der Waals surface area contributed by atoms with Gasteiger partial charge >= 0.3 is 5.97 Å². The second-order valence-electron chi connectivity index (χ2n) is 6.38. The monoisotopic (exact) mass is 271 g/mol. The van der Waals surface area contributed by atoms with Gasteiger partial charge in [-0.15, -0.1) is 0 Å². The summed E-state index contributed by atoms with van der Waals surface area (Å²) in [5.41, 5.74) is -0.997. The van der Waals surface area contributed by atoms with Gasteiger partial charge in [0.15, 0.2) is 0 Å². The van der Waals surface area contributed by atoms with Crippen LogP contribution in [0.1, 0.15) is 52.4 Å². The number of likely N-dealkylation sites (N-methyl/N-ethyl adjacent to an activating group) is 1. The van der Waals surface area contributed by atoms with Crippen LogP contribution in [-0.4, -0.2) is 46.2 Å². The van der Waals surface area contributed by atoms with E-state index in [1.54, 1.807) is 20.9 Å². The third kappa shape index (κ3) is 3.93. The second kappa shape index (κ2) is 5.90. The van der Waals surface area contributed by atoms with Gasteiger partial charge in [-0.05, 0) is 32.1 Å². The molecule has 0 aromatic heterocycles. The molecule has 1 saturated carbocycles. The molecule has 1 amide bonds. The lowest BCUT2D eigenvalue weighted by Crippen LogP contribution is -2.49. The maximum atomic E-state index is 12.3. The largest absolute Gasteiger partial charge is 0.481 e. The van der Waals surface area contributed by atoms with E-state index in [1.165, 1.54) is 4.90 Å². The fourth-order valence-corrected chi connectivity index (χ4v) is 2.74. The molecule has 110 valence electrons. The van der Waals surface area contributed by atoms with Crippen molar-refractivity contribution in [3.05, 3.63) is 0 Å². The van der Waals surface area contributed by atoms with E-state index in [2.05, 4.69) is 0 Å². The first-order valence-corrected chi connectivity index (χ1v) is 6.82. The van der Waals surface area contributed by atoms with Crippen molar-refractivity contribution in [2.24, 2.45) is 5.41 Å². The lowest BCUT2D eigenvalue weighted by molar-refractivity contribution is -0.143. The number of hydrogen-bond donors (Lipinski definition) is 2. The Labute approximate surface area is 114 Å². The van der Waals surface area contributed by atoms with Crippen molar-refractivity contribution >= 4 is 11.9 Å². The minimum atomic E-state index is -0.834. The van der Waals surface area contributed by atoms with Gasteiger partial charge in [-0.3, -0.25) is 9.59 Å². The van der Waals surface area contributed by atoms with E-state index < -0.39 is 11.5 Å². The Kier molecular flexibility index (Phi) is 4.96. The number of nitrogens with zero attached hydrogens (tertiary/aromatic N) is 1. The topological polar surface area (TPSA) is 77.8 Å². The van der Waals surface area contributed by atoms with Crippen LogP contribution in [0.5, 0.6) is 0 Å². The molecule has 0 atom stereocenters. The van der Waals surface area contributed by atoms with Gasteiger partial charge < -0.3 is 15.1 Å². The van der Waals surface area contributed by atoms with E-state index in [1.807, 2.05) is 0 Å². The second-order valence-corrected chi connectivity index (χ2v) is 6.38. The lowest BCUT2D eigenvalue weighted by Gasteiger charge is -2.37. The molecule has 0 saturated heterocycles.